The van der Waals surface area contributed by atoms with Gasteiger partial charge in [0.25, 0.3) is 0 Å². The van der Waals surface area contributed by atoms with Crippen molar-refractivity contribution < 1.29 is 4.74 Å². The number of anilines is 1. The Morgan fingerprint density at radius 2 is 2.26 bits per heavy atom. The molecule has 0 aliphatic rings. The normalized spacial score (nSPS) is 9.95. The molecule has 0 fully saturated rings. The number of nitrogens with two attached hydrogens (primary N) is 1. The largest absolute Gasteiger partial charge is 0.487 e. The first kappa shape index (κ1) is 13.6. The van der Waals surface area contributed by atoms with Gasteiger partial charge in [-0.3, -0.25) is 4.98 Å². The minimum absolute atomic E-state index is 0.195. The average molecular weight is 294 g/mol. The van der Waals surface area contributed by atoms with Crippen LogP contribution >= 0.6 is 23.8 Å². The molecule has 1 aromatic carbocycles. The second-order valence-corrected chi connectivity index (χ2v) is 4.63. The van der Waals surface area contributed by atoms with Crippen LogP contribution in [0.15, 0.2) is 42.7 Å². The summed E-state index contributed by atoms with van der Waals surface area (Å²) in [5, 5.41) is 3.49. The molecule has 19 heavy (non-hydrogen) atoms. The van der Waals surface area contributed by atoms with Crippen molar-refractivity contribution >= 4 is 34.6 Å². The van der Waals surface area contributed by atoms with Crippen molar-refractivity contribution in [2.75, 3.05) is 5.32 Å². The molecule has 0 bridgehead atoms. The summed E-state index contributed by atoms with van der Waals surface area (Å²) in [5.74, 6) is 0.596. The van der Waals surface area contributed by atoms with Gasteiger partial charge in [-0.1, -0.05) is 17.7 Å². The molecule has 1 aromatic heterocycles. The summed E-state index contributed by atoms with van der Waals surface area (Å²) in [4.78, 5) is 4.01. The molecule has 0 saturated carbocycles. The van der Waals surface area contributed by atoms with E-state index in [-0.39, 0.29) is 5.11 Å². The van der Waals surface area contributed by atoms with Crippen LogP contribution in [-0.4, -0.2) is 10.1 Å². The van der Waals surface area contributed by atoms with E-state index < -0.39 is 0 Å². The van der Waals surface area contributed by atoms with Crippen LogP contribution in [0.2, 0.25) is 5.02 Å². The fourth-order valence-electron chi connectivity index (χ4n) is 1.48. The van der Waals surface area contributed by atoms with Gasteiger partial charge in [0.2, 0.25) is 0 Å². The molecule has 0 aliphatic carbocycles. The van der Waals surface area contributed by atoms with Gasteiger partial charge in [-0.15, -0.1) is 0 Å². The molecular formula is C13H12ClN3OS. The number of aromatic nitrogens is 1. The average Bonchev–Trinajstić information content (AvgIpc) is 2.38. The molecule has 0 radical (unpaired) electrons. The molecule has 0 spiro atoms. The highest BCUT2D eigenvalue weighted by Gasteiger charge is 2.04. The minimum Gasteiger partial charge on any atom is -0.487 e. The standard InChI is InChI=1S/C13H12ClN3OS/c14-11-6-10(17-13(15)19)3-4-12(11)18-8-9-2-1-5-16-7-9/h1-7H,8H2,(H3,15,17,19). The van der Waals surface area contributed by atoms with Crippen LogP contribution in [0.1, 0.15) is 5.56 Å². The molecule has 0 amide bonds. The van der Waals surface area contributed by atoms with Crippen LogP contribution in [0.4, 0.5) is 5.69 Å². The number of thiocarbonyl (C=S) groups is 1. The summed E-state index contributed by atoms with van der Waals surface area (Å²) in [6.07, 6.45) is 3.46. The molecule has 4 nitrogen and oxygen atoms in total. The lowest BCUT2D eigenvalue weighted by atomic mass is 10.3. The van der Waals surface area contributed by atoms with Gasteiger partial charge in [-0.05, 0) is 36.5 Å². The highest BCUT2D eigenvalue weighted by Crippen LogP contribution is 2.28. The van der Waals surface area contributed by atoms with E-state index in [4.69, 9.17) is 34.3 Å². The van der Waals surface area contributed by atoms with Crippen molar-refractivity contribution in [3.8, 4) is 5.75 Å². The van der Waals surface area contributed by atoms with Crippen LogP contribution in [0.25, 0.3) is 0 Å². The first-order chi connectivity index (χ1) is 9.15. The quantitative estimate of drug-likeness (QED) is 0.849. The molecule has 2 aromatic rings. The Morgan fingerprint density at radius 3 is 2.89 bits per heavy atom. The molecule has 0 unspecified atom stereocenters. The summed E-state index contributed by atoms with van der Waals surface area (Å²) in [5.41, 5.74) is 7.09. The van der Waals surface area contributed by atoms with Gasteiger partial charge in [0.1, 0.15) is 12.4 Å². The smallest absolute Gasteiger partial charge is 0.168 e. The lowest BCUT2D eigenvalue weighted by Gasteiger charge is -2.10. The van der Waals surface area contributed by atoms with Crippen molar-refractivity contribution in [1.82, 2.24) is 4.98 Å². The molecule has 1 heterocycles. The molecule has 2 rings (SSSR count). The van der Waals surface area contributed by atoms with Gasteiger partial charge in [-0.2, -0.15) is 0 Å². The number of halogens is 1. The van der Waals surface area contributed by atoms with Gasteiger partial charge in [0.15, 0.2) is 5.11 Å². The number of rotatable bonds is 4. The molecule has 0 aliphatic heterocycles. The van der Waals surface area contributed by atoms with Crippen LogP contribution in [0.5, 0.6) is 5.75 Å². The molecule has 0 atom stereocenters. The fraction of sp³-hybridized carbons (Fsp3) is 0.0769. The maximum absolute atomic E-state index is 6.11. The zero-order valence-corrected chi connectivity index (χ0v) is 11.5. The van der Waals surface area contributed by atoms with E-state index >= 15 is 0 Å². The SMILES string of the molecule is NC(=S)Nc1ccc(OCc2cccnc2)c(Cl)c1. The zero-order valence-electron chi connectivity index (χ0n) is 9.97. The highest BCUT2D eigenvalue weighted by molar-refractivity contribution is 7.80. The summed E-state index contributed by atoms with van der Waals surface area (Å²) in [7, 11) is 0. The van der Waals surface area contributed by atoms with Gasteiger partial charge >= 0.3 is 0 Å². The predicted molar refractivity (Wildman–Crippen MR) is 80.4 cm³/mol. The third-order valence-corrected chi connectivity index (χ3v) is 2.71. The Morgan fingerprint density at radius 1 is 1.42 bits per heavy atom. The lowest BCUT2D eigenvalue weighted by molar-refractivity contribution is 0.306. The Hall–Kier alpha value is -1.85. The molecule has 98 valence electrons. The molecule has 0 saturated heterocycles. The van der Waals surface area contributed by atoms with E-state index in [1.807, 2.05) is 12.1 Å². The zero-order chi connectivity index (χ0) is 13.7. The van der Waals surface area contributed by atoms with Gasteiger partial charge in [0.05, 0.1) is 5.02 Å². The van der Waals surface area contributed by atoms with Crippen molar-refractivity contribution in [3.63, 3.8) is 0 Å². The molecule has 6 heteroatoms. The van der Waals surface area contributed by atoms with Crippen LogP contribution in [0.3, 0.4) is 0 Å². The monoisotopic (exact) mass is 293 g/mol. The lowest BCUT2D eigenvalue weighted by Crippen LogP contribution is -2.18. The second-order valence-electron chi connectivity index (χ2n) is 3.78. The predicted octanol–water partition coefficient (Wildman–Crippen LogP) is 2.97. The number of hydrogen-bond donors (Lipinski definition) is 2. The Labute approximate surface area is 121 Å². The highest BCUT2D eigenvalue weighted by atomic mass is 35.5. The second kappa shape index (κ2) is 6.36. The third-order valence-electron chi connectivity index (χ3n) is 2.32. The number of pyridine rings is 1. The topological polar surface area (TPSA) is 60.2 Å². The maximum Gasteiger partial charge on any atom is 0.168 e. The minimum atomic E-state index is 0.195. The summed E-state index contributed by atoms with van der Waals surface area (Å²) < 4.78 is 5.62. The number of nitrogens with zero attached hydrogens (tertiary/aromatic N) is 1. The molecular weight excluding hydrogens is 282 g/mol. The van der Waals surface area contributed by atoms with E-state index in [1.165, 1.54) is 0 Å². The first-order valence-corrected chi connectivity index (χ1v) is 6.31. The number of benzene rings is 1. The van der Waals surface area contributed by atoms with Crippen molar-refractivity contribution in [3.05, 3.63) is 53.3 Å². The Bertz CT molecular complexity index is 577. The van der Waals surface area contributed by atoms with Crippen LogP contribution in [-0.2, 0) is 6.61 Å². The van der Waals surface area contributed by atoms with E-state index in [2.05, 4.69) is 10.3 Å². The van der Waals surface area contributed by atoms with Gasteiger partial charge < -0.3 is 15.8 Å². The fourth-order valence-corrected chi connectivity index (χ4v) is 1.84. The Kier molecular flexibility index (Phi) is 4.54. The van der Waals surface area contributed by atoms with E-state index in [0.717, 1.165) is 11.3 Å². The number of ether oxygens (including phenoxy) is 1. The van der Waals surface area contributed by atoms with Crippen LogP contribution < -0.4 is 15.8 Å². The molecule has 3 N–H and O–H groups in total. The van der Waals surface area contributed by atoms with Crippen molar-refractivity contribution in [1.29, 1.82) is 0 Å². The van der Waals surface area contributed by atoms with E-state index in [1.54, 1.807) is 30.6 Å². The number of nitrogens with one attached hydrogen (secondary N) is 1. The van der Waals surface area contributed by atoms with E-state index in [9.17, 15) is 0 Å². The first-order valence-electron chi connectivity index (χ1n) is 5.53. The van der Waals surface area contributed by atoms with Crippen molar-refractivity contribution in [2.45, 2.75) is 6.61 Å². The number of hydrogen-bond acceptors (Lipinski definition) is 3. The summed E-state index contributed by atoms with van der Waals surface area (Å²) in [6.45, 7) is 0.412. The van der Waals surface area contributed by atoms with E-state index in [0.29, 0.717) is 17.4 Å². The Balaban J connectivity index is 2.03. The summed E-state index contributed by atoms with van der Waals surface area (Å²) >= 11 is 10.9. The van der Waals surface area contributed by atoms with Crippen LogP contribution in [0, 0.1) is 0 Å². The van der Waals surface area contributed by atoms with Gasteiger partial charge in [0, 0.05) is 23.6 Å². The summed E-state index contributed by atoms with van der Waals surface area (Å²) in [6, 6.07) is 9.06. The maximum atomic E-state index is 6.11. The third kappa shape index (κ3) is 4.08. The van der Waals surface area contributed by atoms with Gasteiger partial charge in [-0.25, -0.2) is 0 Å². The van der Waals surface area contributed by atoms with Crippen molar-refractivity contribution in [2.24, 2.45) is 5.73 Å².